The van der Waals surface area contributed by atoms with Crippen molar-refractivity contribution in [3.63, 3.8) is 0 Å². The molecule has 0 saturated heterocycles. The molecule has 0 aliphatic heterocycles. The first-order valence-corrected chi connectivity index (χ1v) is 15.6. The molecule has 4 rings (SSSR count). The van der Waals surface area contributed by atoms with E-state index in [9.17, 15) is 19.2 Å². The van der Waals surface area contributed by atoms with Crippen molar-refractivity contribution in [2.45, 2.75) is 60.4 Å². The van der Waals surface area contributed by atoms with Crippen LogP contribution >= 0.6 is 0 Å². The van der Waals surface area contributed by atoms with Crippen molar-refractivity contribution in [3.8, 4) is 17.0 Å². The average molecular weight is 668 g/mol. The van der Waals surface area contributed by atoms with Crippen molar-refractivity contribution >= 4 is 35.3 Å². The van der Waals surface area contributed by atoms with Gasteiger partial charge in [0.25, 0.3) is 5.56 Å². The van der Waals surface area contributed by atoms with Gasteiger partial charge in [-0.1, -0.05) is 54.6 Å². The number of nitrogens with zero attached hydrogens (tertiary/aromatic N) is 3. The highest BCUT2D eigenvalue weighted by atomic mass is 16.5. The summed E-state index contributed by atoms with van der Waals surface area (Å²) < 4.78 is 11.9. The Morgan fingerprint density at radius 3 is 2.31 bits per heavy atom. The topological polar surface area (TPSA) is 193 Å². The lowest BCUT2D eigenvalue weighted by Crippen LogP contribution is -2.35. The van der Waals surface area contributed by atoms with E-state index in [1.54, 1.807) is 57.2 Å². The van der Waals surface area contributed by atoms with E-state index in [0.29, 0.717) is 16.8 Å². The Bertz CT molecular complexity index is 1900. The standard InChI is InChI=1S/C36H41N7O6/c1-22(2)41-32-33(45)43(28(19-40-32)26-15-16-29(27(37)17-26)49-34(46)36(3,4)5)20-30(44)39-18-23-11-13-25(14-12-23)31(38)42-35(47)48-21-24-9-7-6-8-10-24/h6-17,19,22H,18,20-21,37H2,1-5H3,(H,39,44)(H,40,41)(H2,38,42,47). The summed E-state index contributed by atoms with van der Waals surface area (Å²) in [5, 5.41) is 5.84. The molecular formula is C36H41N7O6. The van der Waals surface area contributed by atoms with Crippen molar-refractivity contribution in [1.29, 1.82) is 0 Å². The number of nitrogens with two attached hydrogens (primary N) is 2. The molecule has 13 heteroatoms. The van der Waals surface area contributed by atoms with Crippen LogP contribution in [0.4, 0.5) is 16.3 Å². The quantitative estimate of drug-likeness (QED) is 0.0576. The maximum atomic E-state index is 13.5. The normalized spacial score (nSPS) is 11.6. The summed E-state index contributed by atoms with van der Waals surface area (Å²) in [6, 6.07) is 20.7. The lowest BCUT2D eigenvalue weighted by atomic mass is 9.97. The van der Waals surface area contributed by atoms with Crippen LogP contribution in [0.15, 0.2) is 88.8 Å². The summed E-state index contributed by atoms with van der Waals surface area (Å²) in [7, 11) is 0. The van der Waals surface area contributed by atoms with Crippen LogP contribution in [-0.2, 0) is 34.0 Å². The van der Waals surface area contributed by atoms with Crippen LogP contribution in [0.2, 0.25) is 0 Å². The van der Waals surface area contributed by atoms with Gasteiger partial charge in [-0.3, -0.25) is 19.0 Å². The third kappa shape index (κ3) is 10.0. The highest BCUT2D eigenvalue weighted by Gasteiger charge is 2.25. The molecule has 49 heavy (non-hydrogen) atoms. The maximum Gasteiger partial charge on any atom is 0.435 e. The predicted molar refractivity (Wildman–Crippen MR) is 188 cm³/mol. The van der Waals surface area contributed by atoms with Gasteiger partial charge in [0, 0.05) is 23.7 Å². The first-order chi connectivity index (χ1) is 23.2. The zero-order valence-electron chi connectivity index (χ0n) is 28.2. The van der Waals surface area contributed by atoms with Crippen LogP contribution in [-0.4, -0.2) is 39.4 Å². The zero-order valence-corrected chi connectivity index (χ0v) is 28.2. The number of amides is 2. The molecule has 3 aromatic carbocycles. The number of aromatic nitrogens is 2. The second kappa shape index (κ2) is 15.7. The zero-order chi connectivity index (χ0) is 35.7. The number of rotatable bonds is 11. The second-order valence-electron chi connectivity index (χ2n) is 12.6. The molecule has 4 aromatic rings. The number of amidine groups is 1. The number of aliphatic imine (C=N–C) groups is 1. The molecule has 0 spiro atoms. The van der Waals surface area contributed by atoms with Gasteiger partial charge in [-0.05, 0) is 63.9 Å². The Hall–Kier alpha value is -5.98. The third-order valence-electron chi connectivity index (χ3n) is 7.06. The fraction of sp³-hybridized carbons (Fsp3) is 0.278. The third-order valence-corrected chi connectivity index (χ3v) is 7.06. The number of hydrogen-bond donors (Lipinski definition) is 4. The minimum atomic E-state index is -0.808. The molecule has 0 atom stereocenters. The summed E-state index contributed by atoms with van der Waals surface area (Å²) in [6.07, 6.45) is 0.676. The molecule has 0 radical (unpaired) electrons. The van der Waals surface area contributed by atoms with Gasteiger partial charge in [-0.2, -0.15) is 4.99 Å². The van der Waals surface area contributed by atoms with Crippen LogP contribution in [0.1, 0.15) is 51.3 Å². The number of esters is 1. The molecule has 0 fully saturated rings. The number of nitrogens with one attached hydrogen (secondary N) is 2. The lowest BCUT2D eigenvalue weighted by molar-refractivity contribution is -0.142. The van der Waals surface area contributed by atoms with Gasteiger partial charge < -0.3 is 31.6 Å². The van der Waals surface area contributed by atoms with Crippen LogP contribution in [0, 0.1) is 5.41 Å². The van der Waals surface area contributed by atoms with Crippen LogP contribution in [0.3, 0.4) is 0 Å². The van der Waals surface area contributed by atoms with E-state index < -0.39 is 28.9 Å². The van der Waals surface area contributed by atoms with Gasteiger partial charge in [0.15, 0.2) is 11.6 Å². The van der Waals surface area contributed by atoms with E-state index >= 15 is 0 Å². The monoisotopic (exact) mass is 667 g/mol. The van der Waals surface area contributed by atoms with Gasteiger partial charge in [-0.25, -0.2) is 9.78 Å². The number of carbonyl (C=O) groups is 3. The Morgan fingerprint density at radius 2 is 1.67 bits per heavy atom. The molecule has 6 N–H and O–H groups in total. The van der Waals surface area contributed by atoms with Gasteiger partial charge in [0.05, 0.1) is 23.0 Å². The number of carbonyl (C=O) groups excluding carboxylic acids is 3. The van der Waals surface area contributed by atoms with Gasteiger partial charge in [-0.15, -0.1) is 0 Å². The van der Waals surface area contributed by atoms with E-state index in [2.05, 4.69) is 20.6 Å². The molecule has 13 nitrogen and oxygen atoms in total. The Labute approximate surface area is 284 Å². The van der Waals surface area contributed by atoms with E-state index in [0.717, 1.165) is 11.1 Å². The Morgan fingerprint density at radius 1 is 0.980 bits per heavy atom. The highest BCUT2D eigenvalue weighted by Crippen LogP contribution is 2.30. The summed E-state index contributed by atoms with van der Waals surface area (Å²) >= 11 is 0. The van der Waals surface area contributed by atoms with E-state index in [1.807, 2.05) is 44.2 Å². The minimum Gasteiger partial charge on any atom is -0.443 e. The van der Waals surface area contributed by atoms with E-state index in [1.165, 1.54) is 16.8 Å². The molecule has 2 amide bonds. The SMILES string of the molecule is CC(C)Nc1ncc(-c2ccc(OC(=O)C(C)(C)C)c(N)c2)n(CC(=O)NCc2ccc(/C(N)=N/C(=O)OCc3ccccc3)cc2)c1=O. The molecule has 256 valence electrons. The molecule has 0 unspecified atom stereocenters. The van der Waals surface area contributed by atoms with Gasteiger partial charge in [0.2, 0.25) is 5.91 Å². The molecular weight excluding hydrogens is 626 g/mol. The molecule has 0 saturated carbocycles. The summed E-state index contributed by atoms with van der Waals surface area (Å²) in [4.78, 5) is 59.3. The first-order valence-electron chi connectivity index (χ1n) is 15.6. The Balaban J connectivity index is 1.45. The average Bonchev–Trinajstić information content (AvgIpc) is 3.05. The minimum absolute atomic E-state index is 0.00918. The van der Waals surface area contributed by atoms with Gasteiger partial charge in [0.1, 0.15) is 19.0 Å². The van der Waals surface area contributed by atoms with Crippen molar-refractivity contribution in [3.05, 3.63) is 106 Å². The number of benzene rings is 3. The van der Waals surface area contributed by atoms with E-state index in [-0.39, 0.29) is 48.8 Å². The predicted octanol–water partition coefficient (Wildman–Crippen LogP) is 4.62. The molecule has 0 bridgehead atoms. The van der Waals surface area contributed by atoms with Gasteiger partial charge >= 0.3 is 12.1 Å². The largest absolute Gasteiger partial charge is 0.443 e. The van der Waals surface area contributed by atoms with E-state index in [4.69, 9.17) is 20.9 Å². The molecule has 1 heterocycles. The maximum absolute atomic E-state index is 13.5. The smallest absolute Gasteiger partial charge is 0.435 e. The van der Waals surface area contributed by atoms with Crippen molar-refractivity contribution in [1.82, 2.24) is 14.9 Å². The number of anilines is 2. The Kier molecular flexibility index (Phi) is 11.5. The van der Waals surface area contributed by atoms with Crippen molar-refractivity contribution in [2.24, 2.45) is 16.1 Å². The van der Waals surface area contributed by atoms with Crippen LogP contribution in [0.25, 0.3) is 11.3 Å². The number of ether oxygens (including phenoxy) is 2. The second-order valence-corrected chi connectivity index (χ2v) is 12.6. The highest BCUT2D eigenvalue weighted by molar-refractivity contribution is 6.02. The summed E-state index contributed by atoms with van der Waals surface area (Å²) in [5.74, 6) is -0.612. The molecule has 0 aliphatic rings. The number of hydrogen-bond acceptors (Lipinski definition) is 9. The first kappa shape index (κ1) is 35.9. The van der Waals surface area contributed by atoms with Crippen LogP contribution in [0.5, 0.6) is 5.75 Å². The number of nitrogen functional groups attached to an aromatic ring is 1. The summed E-state index contributed by atoms with van der Waals surface area (Å²) in [6.45, 7) is 8.85. The lowest BCUT2D eigenvalue weighted by Gasteiger charge is -2.18. The van der Waals surface area contributed by atoms with Crippen molar-refractivity contribution < 1.29 is 23.9 Å². The van der Waals surface area contributed by atoms with Crippen LogP contribution < -0.4 is 32.4 Å². The summed E-state index contributed by atoms with van der Waals surface area (Å²) in [5.41, 5.74) is 14.1. The fourth-order valence-corrected chi connectivity index (χ4v) is 4.41. The molecule has 1 aromatic heterocycles. The molecule has 0 aliphatic carbocycles. The van der Waals surface area contributed by atoms with Crippen molar-refractivity contribution in [2.75, 3.05) is 11.1 Å². The fourth-order valence-electron chi connectivity index (χ4n) is 4.41.